The molecule has 1 aliphatic heterocycles. The van der Waals surface area contributed by atoms with E-state index in [-0.39, 0.29) is 5.91 Å². The quantitative estimate of drug-likeness (QED) is 0.345. The summed E-state index contributed by atoms with van der Waals surface area (Å²) in [5, 5.41) is 1.29. The third-order valence-corrected chi connectivity index (χ3v) is 7.48. The van der Waals surface area contributed by atoms with Crippen LogP contribution in [-0.4, -0.2) is 17.4 Å². The van der Waals surface area contributed by atoms with Crippen molar-refractivity contribution in [1.29, 1.82) is 0 Å². The molecular weight excluding hydrogens is 398 g/mol. The molecule has 31 heavy (non-hydrogen) atoms. The Balaban J connectivity index is 1.47. The molecule has 2 heterocycles. The van der Waals surface area contributed by atoms with Crippen LogP contribution < -0.4 is 0 Å². The Morgan fingerprint density at radius 3 is 2.71 bits per heavy atom. The molecule has 4 aromatic rings. The molecule has 0 saturated carbocycles. The molecule has 3 heteroatoms. The molecule has 2 nitrogen and oxygen atoms in total. The van der Waals surface area contributed by atoms with Crippen molar-refractivity contribution in [3.63, 3.8) is 0 Å². The van der Waals surface area contributed by atoms with Crippen LogP contribution in [0.25, 0.3) is 20.5 Å². The number of rotatable bonds is 3. The van der Waals surface area contributed by atoms with Crippen LogP contribution in [0.5, 0.6) is 0 Å². The lowest BCUT2D eigenvalue weighted by Gasteiger charge is -2.23. The van der Waals surface area contributed by atoms with Gasteiger partial charge in [0, 0.05) is 28.2 Å². The van der Waals surface area contributed by atoms with Gasteiger partial charge >= 0.3 is 0 Å². The third kappa shape index (κ3) is 3.90. The molecule has 5 rings (SSSR count). The van der Waals surface area contributed by atoms with Gasteiger partial charge in [0.1, 0.15) is 0 Å². The van der Waals surface area contributed by atoms with Gasteiger partial charge in [-0.2, -0.15) is 0 Å². The highest BCUT2D eigenvalue weighted by atomic mass is 32.1. The molecule has 1 aromatic heterocycles. The van der Waals surface area contributed by atoms with E-state index in [9.17, 15) is 4.79 Å². The van der Waals surface area contributed by atoms with Crippen LogP contribution in [0, 0.1) is 6.92 Å². The van der Waals surface area contributed by atoms with E-state index in [0.717, 1.165) is 36.9 Å². The molecule has 3 aromatic carbocycles. The van der Waals surface area contributed by atoms with Crippen LogP contribution in [0.15, 0.2) is 66.7 Å². The molecule has 0 saturated heterocycles. The Bertz CT molecular complexity index is 1240. The lowest BCUT2D eigenvalue weighted by Crippen LogP contribution is -2.31. The molecular formula is C28H27NOS. The maximum atomic E-state index is 13.5. The first-order valence-corrected chi connectivity index (χ1v) is 11.9. The molecule has 0 aliphatic carbocycles. The number of aryl methyl sites for hydroxylation is 3. The van der Waals surface area contributed by atoms with Crippen molar-refractivity contribution in [1.82, 2.24) is 4.90 Å². The van der Waals surface area contributed by atoms with Gasteiger partial charge in [-0.1, -0.05) is 55.0 Å². The maximum Gasteiger partial charge on any atom is 0.254 e. The van der Waals surface area contributed by atoms with Gasteiger partial charge in [0.25, 0.3) is 5.91 Å². The van der Waals surface area contributed by atoms with Crippen molar-refractivity contribution in [2.75, 3.05) is 6.54 Å². The van der Waals surface area contributed by atoms with Gasteiger partial charge in [0.2, 0.25) is 0 Å². The summed E-state index contributed by atoms with van der Waals surface area (Å²) in [7, 11) is 0. The van der Waals surface area contributed by atoms with Gasteiger partial charge in [0.05, 0.1) is 0 Å². The Labute approximate surface area is 188 Å². The van der Waals surface area contributed by atoms with Crippen molar-refractivity contribution >= 4 is 27.3 Å². The lowest BCUT2D eigenvalue weighted by molar-refractivity contribution is 0.0745. The van der Waals surface area contributed by atoms with Gasteiger partial charge in [-0.25, -0.2) is 0 Å². The fraction of sp³-hybridized carbons (Fsp3) is 0.250. The zero-order valence-electron chi connectivity index (χ0n) is 18.2. The van der Waals surface area contributed by atoms with E-state index in [0.29, 0.717) is 6.54 Å². The summed E-state index contributed by atoms with van der Waals surface area (Å²) < 4.78 is 1.32. The second-order valence-electron chi connectivity index (χ2n) is 8.48. The van der Waals surface area contributed by atoms with Gasteiger partial charge in [-0.15, -0.1) is 11.3 Å². The number of hydrogen-bond acceptors (Lipinski definition) is 2. The molecule has 0 spiro atoms. The molecule has 0 radical (unpaired) electrons. The van der Waals surface area contributed by atoms with Crippen LogP contribution >= 0.6 is 11.3 Å². The minimum Gasteiger partial charge on any atom is -0.334 e. The van der Waals surface area contributed by atoms with Crippen molar-refractivity contribution in [3.8, 4) is 10.4 Å². The molecule has 1 amide bonds. The highest BCUT2D eigenvalue weighted by Crippen LogP contribution is 2.35. The summed E-state index contributed by atoms with van der Waals surface area (Å²) in [6.07, 6.45) is 2.91. The van der Waals surface area contributed by atoms with Crippen LogP contribution in [0.1, 0.15) is 46.0 Å². The maximum absolute atomic E-state index is 13.5. The fourth-order valence-corrected chi connectivity index (χ4v) is 5.67. The zero-order chi connectivity index (χ0) is 21.4. The molecule has 0 atom stereocenters. The SMILES string of the molecule is CCc1cc(C)ccc1C(=O)N1CCCc2ccc(-c3cc4ccccc4s3)cc2C1. The number of benzene rings is 3. The number of amides is 1. The first-order chi connectivity index (χ1) is 15.1. The topological polar surface area (TPSA) is 20.3 Å². The van der Waals surface area contributed by atoms with E-state index in [2.05, 4.69) is 74.5 Å². The molecule has 0 N–H and O–H groups in total. The van der Waals surface area contributed by atoms with Crippen LogP contribution in [0.2, 0.25) is 0 Å². The van der Waals surface area contributed by atoms with Crippen molar-refractivity contribution in [2.24, 2.45) is 0 Å². The van der Waals surface area contributed by atoms with Crippen molar-refractivity contribution in [2.45, 2.75) is 39.7 Å². The van der Waals surface area contributed by atoms with Gasteiger partial charge in [-0.3, -0.25) is 4.79 Å². The monoisotopic (exact) mass is 425 g/mol. The first kappa shape index (κ1) is 20.0. The van der Waals surface area contributed by atoms with Crippen LogP contribution in [0.3, 0.4) is 0 Å². The number of nitrogens with zero attached hydrogens (tertiary/aromatic N) is 1. The normalized spacial score (nSPS) is 13.8. The Morgan fingerprint density at radius 1 is 1.00 bits per heavy atom. The highest BCUT2D eigenvalue weighted by molar-refractivity contribution is 7.22. The largest absolute Gasteiger partial charge is 0.334 e. The van der Waals surface area contributed by atoms with Crippen LogP contribution in [0.4, 0.5) is 0 Å². The van der Waals surface area contributed by atoms with Crippen molar-refractivity contribution in [3.05, 3.63) is 94.5 Å². The standard InChI is InChI=1S/C28H27NOS/c1-3-20-15-19(2)10-13-25(20)28(30)29-14-6-8-21-11-12-23(16-24(21)18-29)27-17-22-7-4-5-9-26(22)31-27/h4-5,7,9-13,15-17H,3,6,8,14,18H2,1-2H3. The fourth-order valence-electron chi connectivity index (χ4n) is 4.61. The van der Waals surface area contributed by atoms with Gasteiger partial charge in [-0.05, 0) is 78.1 Å². The van der Waals surface area contributed by atoms with Crippen molar-refractivity contribution < 1.29 is 4.79 Å². The van der Waals surface area contributed by atoms with E-state index in [1.54, 1.807) is 0 Å². The average molecular weight is 426 g/mol. The predicted molar refractivity (Wildman–Crippen MR) is 131 cm³/mol. The van der Waals surface area contributed by atoms with E-state index in [1.165, 1.54) is 37.2 Å². The van der Waals surface area contributed by atoms with E-state index in [4.69, 9.17) is 0 Å². The summed E-state index contributed by atoms with van der Waals surface area (Å²) in [4.78, 5) is 16.8. The number of hydrogen-bond donors (Lipinski definition) is 0. The Hall–Kier alpha value is -2.91. The molecule has 0 bridgehead atoms. The Kier molecular flexibility index (Phi) is 5.37. The highest BCUT2D eigenvalue weighted by Gasteiger charge is 2.22. The second-order valence-corrected chi connectivity index (χ2v) is 9.56. The summed E-state index contributed by atoms with van der Waals surface area (Å²) in [6.45, 7) is 5.71. The molecule has 156 valence electrons. The lowest BCUT2D eigenvalue weighted by atomic mass is 9.99. The van der Waals surface area contributed by atoms with Gasteiger partial charge in [0.15, 0.2) is 0 Å². The second kappa shape index (κ2) is 8.32. The minimum atomic E-state index is 0.164. The molecule has 0 unspecified atom stereocenters. The van der Waals surface area contributed by atoms with Crippen LogP contribution in [-0.2, 0) is 19.4 Å². The third-order valence-electron chi connectivity index (χ3n) is 6.31. The molecule has 0 fully saturated rings. The number of fused-ring (bicyclic) bond motifs is 2. The average Bonchev–Trinajstić information content (AvgIpc) is 3.11. The zero-order valence-corrected chi connectivity index (χ0v) is 19.0. The minimum absolute atomic E-state index is 0.164. The smallest absolute Gasteiger partial charge is 0.254 e. The number of thiophene rings is 1. The van der Waals surface area contributed by atoms with E-state index < -0.39 is 0 Å². The van der Waals surface area contributed by atoms with Gasteiger partial charge < -0.3 is 4.90 Å². The summed E-state index contributed by atoms with van der Waals surface area (Å²) in [5.41, 5.74) is 7.12. The summed E-state index contributed by atoms with van der Waals surface area (Å²) in [5.74, 6) is 0.164. The van der Waals surface area contributed by atoms with E-state index in [1.807, 2.05) is 22.3 Å². The summed E-state index contributed by atoms with van der Waals surface area (Å²) in [6, 6.07) is 23.9. The Morgan fingerprint density at radius 2 is 1.87 bits per heavy atom. The number of carbonyl (C=O) groups excluding carboxylic acids is 1. The first-order valence-electron chi connectivity index (χ1n) is 11.1. The molecule has 1 aliphatic rings. The number of carbonyl (C=O) groups is 1. The predicted octanol–water partition coefficient (Wildman–Crippen LogP) is 7.03. The summed E-state index contributed by atoms with van der Waals surface area (Å²) >= 11 is 1.84. The van der Waals surface area contributed by atoms with E-state index >= 15 is 0 Å².